The monoisotopic (exact) mass is 304 g/mol. The van der Waals surface area contributed by atoms with Gasteiger partial charge >= 0.3 is 5.97 Å². The van der Waals surface area contributed by atoms with Gasteiger partial charge in [-0.05, 0) is 43.0 Å². The van der Waals surface area contributed by atoms with Crippen LogP contribution in [0.1, 0.15) is 40.0 Å². The van der Waals surface area contributed by atoms with Crippen molar-refractivity contribution in [3.05, 3.63) is 35.4 Å². The van der Waals surface area contributed by atoms with Crippen LogP contribution in [0, 0.1) is 5.92 Å². The number of carboxylic acid groups (broad SMARTS) is 1. The largest absolute Gasteiger partial charge is 0.478 e. The van der Waals surface area contributed by atoms with E-state index in [1.807, 2.05) is 0 Å². The van der Waals surface area contributed by atoms with Gasteiger partial charge in [0.25, 0.3) is 5.91 Å². The summed E-state index contributed by atoms with van der Waals surface area (Å²) in [5.74, 6) is -0.739. The van der Waals surface area contributed by atoms with Gasteiger partial charge in [0.05, 0.1) is 5.56 Å². The Morgan fingerprint density at radius 1 is 1.14 bits per heavy atom. The number of amides is 2. The number of rotatable bonds is 4. The van der Waals surface area contributed by atoms with Gasteiger partial charge in [0.1, 0.15) is 0 Å². The maximum atomic E-state index is 12.4. The molecule has 0 aliphatic carbocycles. The molecular formula is C16H20N2O4. The number of carbonyl (C=O) groups excluding carboxylic acids is 2. The van der Waals surface area contributed by atoms with Crippen molar-refractivity contribution in [1.82, 2.24) is 10.2 Å². The van der Waals surface area contributed by atoms with Crippen LogP contribution in [0.5, 0.6) is 0 Å². The number of likely N-dealkylation sites (tertiary alicyclic amines) is 1. The molecule has 0 spiro atoms. The highest BCUT2D eigenvalue weighted by atomic mass is 16.4. The first kappa shape index (κ1) is 16.0. The molecule has 1 aromatic carbocycles. The fraction of sp³-hybridized carbons (Fsp3) is 0.438. The first-order valence-corrected chi connectivity index (χ1v) is 7.34. The van der Waals surface area contributed by atoms with Crippen molar-refractivity contribution in [2.75, 3.05) is 20.1 Å². The van der Waals surface area contributed by atoms with Crippen LogP contribution in [0.2, 0.25) is 0 Å². The van der Waals surface area contributed by atoms with Crippen LogP contribution >= 0.6 is 0 Å². The molecule has 0 atom stereocenters. The zero-order chi connectivity index (χ0) is 16.1. The highest BCUT2D eigenvalue weighted by Gasteiger charge is 2.24. The summed E-state index contributed by atoms with van der Waals surface area (Å²) in [6.07, 6.45) is 2.13. The minimum atomic E-state index is -1.01. The van der Waals surface area contributed by atoms with Crippen LogP contribution in [0.25, 0.3) is 0 Å². The van der Waals surface area contributed by atoms with E-state index >= 15 is 0 Å². The number of benzene rings is 1. The summed E-state index contributed by atoms with van der Waals surface area (Å²) in [5.41, 5.74) is 0.663. The summed E-state index contributed by atoms with van der Waals surface area (Å²) < 4.78 is 0. The lowest BCUT2D eigenvalue weighted by atomic mass is 9.93. The lowest BCUT2D eigenvalue weighted by Crippen LogP contribution is -2.39. The Morgan fingerprint density at radius 3 is 2.18 bits per heavy atom. The summed E-state index contributed by atoms with van der Waals surface area (Å²) >= 11 is 0. The van der Waals surface area contributed by atoms with Gasteiger partial charge in [-0.15, -0.1) is 0 Å². The Bertz CT molecular complexity index is 560. The van der Waals surface area contributed by atoms with E-state index in [0.29, 0.717) is 31.0 Å². The van der Waals surface area contributed by atoms with Crippen LogP contribution in [0.3, 0.4) is 0 Å². The van der Waals surface area contributed by atoms with Crippen LogP contribution < -0.4 is 5.32 Å². The molecule has 1 saturated heterocycles. The Balaban J connectivity index is 1.92. The second kappa shape index (κ2) is 7.06. The number of nitrogens with one attached hydrogen (secondary N) is 1. The average Bonchev–Trinajstić information content (AvgIpc) is 2.55. The van der Waals surface area contributed by atoms with E-state index in [9.17, 15) is 14.4 Å². The molecule has 0 unspecified atom stereocenters. The number of nitrogens with zero attached hydrogens (tertiary/aromatic N) is 1. The van der Waals surface area contributed by atoms with Gasteiger partial charge < -0.3 is 15.3 Å². The Kier molecular flexibility index (Phi) is 5.14. The van der Waals surface area contributed by atoms with Crippen molar-refractivity contribution in [3.8, 4) is 0 Å². The Hall–Kier alpha value is -2.37. The molecule has 2 N–H and O–H groups in total. The average molecular weight is 304 g/mol. The van der Waals surface area contributed by atoms with Gasteiger partial charge in [0.2, 0.25) is 5.91 Å². The molecule has 2 rings (SSSR count). The quantitative estimate of drug-likeness (QED) is 0.879. The van der Waals surface area contributed by atoms with Gasteiger partial charge in [-0.25, -0.2) is 4.79 Å². The smallest absolute Gasteiger partial charge is 0.335 e. The Morgan fingerprint density at radius 2 is 1.68 bits per heavy atom. The van der Waals surface area contributed by atoms with E-state index in [4.69, 9.17) is 5.11 Å². The number of carbonyl (C=O) groups is 3. The van der Waals surface area contributed by atoms with Crippen molar-refractivity contribution in [1.29, 1.82) is 0 Å². The second-order valence-electron chi connectivity index (χ2n) is 5.50. The van der Waals surface area contributed by atoms with Gasteiger partial charge in [-0.1, -0.05) is 0 Å². The first-order valence-electron chi connectivity index (χ1n) is 7.34. The molecule has 0 bridgehead atoms. The second-order valence-corrected chi connectivity index (χ2v) is 5.50. The number of hydrogen-bond acceptors (Lipinski definition) is 3. The number of hydrogen-bond donors (Lipinski definition) is 2. The van der Waals surface area contributed by atoms with E-state index in [-0.39, 0.29) is 17.4 Å². The molecule has 6 nitrogen and oxygen atoms in total. The highest BCUT2D eigenvalue weighted by Crippen LogP contribution is 2.22. The summed E-state index contributed by atoms with van der Waals surface area (Å²) in [6, 6.07) is 5.96. The number of aromatic carboxylic acids is 1. The molecule has 0 radical (unpaired) electrons. The van der Waals surface area contributed by atoms with E-state index in [1.165, 1.54) is 12.1 Å². The van der Waals surface area contributed by atoms with Crippen LogP contribution in [0.4, 0.5) is 0 Å². The molecule has 6 heteroatoms. The standard InChI is InChI=1S/C16H20N2O4/c1-17-14(19)10-11-6-8-18(9-7-11)15(20)12-2-4-13(5-3-12)16(21)22/h2-5,11H,6-10H2,1H3,(H,17,19)(H,21,22). The van der Waals surface area contributed by atoms with Crippen LogP contribution in [-0.2, 0) is 4.79 Å². The third-order valence-corrected chi connectivity index (χ3v) is 4.03. The lowest BCUT2D eigenvalue weighted by molar-refractivity contribution is -0.121. The number of piperidine rings is 1. The minimum absolute atomic E-state index is 0.0361. The lowest BCUT2D eigenvalue weighted by Gasteiger charge is -2.31. The molecule has 1 fully saturated rings. The summed E-state index contributed by atoms with van der Waals surface area (Å²) in [6.45, 7) is 1.25. The fourth-order valence-corrected chi connectivity index (χ4v) is 2.64. The van der Waals surface area contributed by atoms with Crippen LogP contribution in [-0.4, -0.2) is 47.9 Å². The predicted molar refractivity (Wildman–Crippen MR) is 80.7 cm³/mol. The van der Waals surface area contributed by atoms with Crippen molar-refractivity contribution in [2.24, 2.45) is 5.92 Å². The third-order valence-electron chi connectivity index (χ3n) is 4.03. The highest BCUT2D eigenvalue weighted by molar-refractivity contribution is 5.96. The summed E-state index contributed by atoms with van der Waals surface area (Å²) in [4.78, 5) is 36.3. The van der Waals surface area contributed by atoms with E-state index in [2.05, 4.69) is 5.32 Å². The predicted octanol–water partition coefficient (Wildman–Crippen LogP) is 1.37. The van der Waals surface area contributed by atoms with E-state index in [0.717, 1.165) is 12.8 Å². The maximum Gasteiger partial charge on any atom is 0.335 e. The zero-order valence-corrected chi connectivity index (χ0v) is 12.5. The van der Waals surface area contributed by atoms with Crippen molar-refractivity contribution in [3.63, 3.8) is 0 Å². The molecule has 0 saturated carbocycles. The summed E-state index contributed by atoms with van der Waals surface area (Å²) in [7, 11) is 1.63. The third kappa shape index (κ3) is 3.84. The van der Waals surface area contributed by atoms with Gasteiger partial charge in [-0.2, -0.15) is 0 Å². The van der Waals surface area contributed by atoms with Gasteiger partial charge in [0, 0.05) is 32.1 Å². The van der Waals surface area contributed by atoms with Crippen molar-refractivity contribution < 1.29 is 19.5 Å². The normalized spacial score (nSPS) is 15.4. The van der Waals surface area contributed by atoms with Crippen molar-refractivity contribution >= 4 is 17.8 Å². The van der Waals surface area contributed by atoms with E-state index < -0.39 is 5.97 Å². The molecule has 22 heavy (non-hydrogen) atoms. The van der Waals surface area contributed by atoms with Gasteiger partial charge in [-0.3, -0.25) is 9.59 Å². The molecule has 1 aliphatic rings. The molecule has 2 amide bonds. The molecular weight excluding hydrogens is 284 g/mol. The first-order chi connectivity index (χ1) is 10.5. The molecule has 1 aromatic rings. The number of carboxylic acids is 1. The minimum Gasteiger partial charge on any atom is -0.478 e. The van der Waals surface area contributed by atoms with Gasteiger partial charge in [0.15, 0.2) is 0 Å². The SMILES string of the molecule is CNC(=O)CC1CCN(C(=O)c2ccc(C(=O)O)cc2)CC1. The van der Waals surface area contributed by atoms with E-state index in [1.54, 1.807) is 24.1 Å². The Labute approximate surface area is 129 Å². The van der Waals surface area contributed by atoms with Crippen LogP contribution in [0.15, 0.2) is 24.3 Å². The molecule has 0 aromatic heterocycles. The molecule has 1 aliphatic heterocycles. The fourth-order valence-electron chi connectivity index (χ4n) is 2.64. The molecule has 118 valence electrons. The maximum absolute atomic E-state index is 12.4. The van der Waals surface area contributed by atoms with Crippen molar-refractivity contribution in [2.45, 2.75) is 19.3 Å². The zero-order valence-electron chi connectivity index (χ0n) is 12.5. The summed E-state index contributed by atoms with van der Waals surface area (Å²) in [5, 5.41) is 11.5. The molecule has 1 heterocycles. The topological polar surface area (TPSA) is 86.7 Å².